The third kappa shape index (κ3) is 5.08. The minimum absolute atomic E-state index is 0.0383. The van der Waals surface area contributed by atoms with E-state index in [2.05, 4.69) is 15.0 Å². The summed E-state index contributed by atoms with van der Waals surface area (Å²) in [7, 11) is -3.74. The quantitative estimate of drug-likeness (QED) is 0.687. The first-order valence-corrected chi connectivity index (χ1v) is 10.9. The zero-order chi connectivity index (χ0) is 20.1. The lowest BCUT2D eigenvalue weighted by atomic mass is 9.81. The van der Waals surface area contributed by atoms with Crippen LogP contribution >= 0.6 is 0 Å². The van der Waals surface area contributed by atoms with Crippen LogP contribution in [-0.4, -0.2) is 25.9 Å². The van der Waals surface area contributed by atoms with E-state index in [1.807, 2.05) is 6.92 Å². The highest BCUT2D eigenvalue weighted by atomic mass is 32.2. The maximum atomic E-state index is 12.5. The number of hydrogen-bond donors (Lipinski definition) is 3. The summed E-state index contributed by atoms with van der Waals surface area (Å²) < 4.78 is 27.5. The molecule has 0 radical (unpaired) electrons. The maximum absolute atomic E-state index is 12.5. The van der Waals surface area contributed by atoms with E-state index >= 15 is 0 Å². The number of amides is 1. The average molecular weight is 403 g/mol. The normalized spacial score (nSPS) is 19.8. The number of hydrogen-bond acceptors (Lipinski definition) is 5. The molecule has 1 fully saturated rings. The van der Waals surface area contributed by atoms with Gasteiger partial charge in [-0.3, -0.25) is 9.52 Å². The number of carbonyl (C=O) groups excluding carboxylic acids is 1. The Hall–Kier alpha value is -2.45. The number of nitrogens with two attached hydrogens (primary N) is 1. The molecular weight excluding hydrogens is 376 g/mol. The molecule has 7 nitrogen and oxygen atoms in total. The number of sulfonamides is 1. The van der Waals surface area contributed by atoms with Crippen LogP contribution in [0.25, 0.3) is 0 Å². The lowest BCUT2D eigenvalue weighted by Crippen LogP contribution is -2.29. The SMILES string of the molecule is Cc1ccc(S(=O)(=O)Nc2cc(NC(=O)[C@H]3CC[C@H](CN)CC3)ccn2)cc1. The number of aromatic nitrogens is 1. The Bertz CT molecular complexity index is 921. The van der Waals surface area contributed by atoms with Crippen molar-refractivity contribution in [1.29, 1.82) is 0 Å². The van der Waals surface area contributed by atoms with Gasteiger partial charge in [0.2, 0.25) is 5.91 Å². The van der Waals surface area contributed by atoms with Crippen molar-refractivity contribution in [3.63, 3.8) is 0 Å². The molecule has 1 heterocycles. The van der Waals surface area contributed by atoms with Crippen LogP contribution in [0, 0.1) is 18.8 Å². The lowest BCUT2D eigenvalue weighted by molar-refractivity contribution is -0.121. The van der Waals surface area contributed by atoms with Crippen LogP contribution in [0.15, 0.2) is 47.5 Å². The molecule has 1 aromatic heterocycles. The van der Waals surface area contributed by atoms with Gasteiger partial charge < -0.3 is 11.1 Å². The molecule has 28 heavy (non-hydrogen) atoms. The first kappa shape index (κ1) is 20.3. The van der Waals surface area contributed by atoms with Gasteiger partial charge in [0.05, 0.1) is 4.90 Å². The minimum Gasteiger partial charge on any atom is -0.330 e. The number of nitrogens with one attached hydrogen (secondary N) is 2. The van der Waals surface area contributed by atoms with Gasteiger partial charge >= 0.3 is 0 Å². The van der Waals surface area contributed by atoms with Gasteiger partial charge in [0.15, 0.2) is 0 Å². The second kappa shape index (κ2) is 8.70. The van der Waals surface area contributed by atoms with Gasteiger partial charge in [-0.1, -0.05) is 17.7 Å². The third-order valence-corrected chi connectivity index (χ3v) is 6.52. The summed E-state index contributed by atoms with van der Waals surface area (Å²) in [6, 6.07) is 9.72. The van der Waals surface area contributed by atoms with Crippen molar-refractivity contribution in [2.45, 2.75) is 37.5 Å². The van der Waals surface area contributed by atoms with Crippen LogP contribution in [0.1, 0.15) is 31.2 Å². The highest BCUT2D eigenvalue weighted by molar-refractivity contribution is 7.92. The largest absolute Gasteiger partial charge is 0.330 e. The van der Waals surface area contributed by atoms with Crippen molar-refractivity contribution in [2.24, 2.45) is 17.6 Å². The van der Waals surface area contributed by atoms with Gasteiger partial charge in [0.1, 0.15) is 5.82 Å². The summed E-state index contributed by atoms with van der Waals surface area (Å²) >= 11 is 0. The van der Waals surface area contributed by atoms with Crippen molar-refractivity contribution < 1.29 is 13.2 Å². The molecule has 0 unspecified atom stereocenters. The molecule has 1 aliphatic carbocycles. The fourth-order valence-electron chi connectivity index (χ4n) is 3.38. The summed E-state index contributed by atoms with van der Waals surface area (Å²) in [6.45, 7) is 2.56. The Morgan fingerprint density at radius 3 is 2.46 bits per heavy atom. The lowest BCUT2D eigenvalue weighted by Gasteiger charge is -2.26. The minimum atomic E-state index is -3.74. The predicted octanol–water partition coefficient (Wildman–Crippen LogP) is 2.89. The Kier molecular flexibility index (Phi) is 6.31. The van der Waals surface area contributed by atoms with Gasteiger partial charge in [0.25, 0.3) is 10.0 Å². The van der Waals surface area contributed by atoms with Gasteiger partial charge in [-0.2, -0.15) is 0 Å². The van der Waals surface area contributed by atoms with Crippen molar-refractivity contribution in [2.75, 3.05) is 16.6 Å². The molecule has 3 rings (SSSR count). The van der Waals surface area contributed by atoms with Crippen molar-refractivity contribution >= 4 is 27.4 Å². The molecular formula is C20H26N4O3S. The standard InChI is InChI=1S/C20H26N4O3S/c1-14-2-8-18(9-3-14)28(26,27)24-19-12-17(10-11-22-19)23-20(25)16-6-4-15(13-21)5-7-16/h2-3,8-12,15-16H,4-7,13,21H2,1H3,(H2,22,23,24,25)/t15-,16-. The molecule has 1 aromatic carbocycles. The van der Waals surface area contributed by atoms with E-state index in [1.54, 1.807) is 30.3 Å². The second-order valence-electron chi connectivity index (χ2n) is 7.29. The van der Waals surface area contributed by atoms with Gasteiger partial charge in [0, 0.05) is 23.9 Å². The number of carbonyl (C=O) groups is 1. The Labute approximate surface area is 165 Å². The Balaban J connectivity index is 1.65. The fourth-order valence-corrected chi connectivity index (χ4v) is 4.38. The molecule has 150 valence electrons. The summed E-state index contributed by atoms with van der Waals surface area (Å²) in [5.41, 5.74) is 7.19. The molecule has 1 amide bonds. The van der Waals surface area contributed by atoms with Crippen LogP contribution in [-0.2, 0) is 14.8 Å². The van der Waals surface area contributed by atoms with Crippen molar-refractivity contribution in [1.82, 2.24) is 4.98 Å². The molecule has 0 aliphatic heterocycles. The van der Waals surface area contributed by atoms with E-state index in [9.17, 15) is 13.2 Å². The Morgan fingerprint density at radius 1 is 1.14 bits per heavy atom. The molecule has 0 saturated heterocycles. The summed E-state index contributed by atoms with van der Waals surface area (Å²) in [4.78, 5) is 16.7. The zero-order valence-electron chi connectivity index (χ0n) is 15.9. The molecule has 1 aliphatic rings. The maximum Gasteiger partial charge on any atom is 0.263 e. The molecule has 2 aromatic rings. The number of rotatable bonds is 6. The summed E-state index contributed by atoms with van der Waals surface area (Å²) in [6.07, 6.45) is 5.05. The van der Waals surface area contributed by atoms with Crippen LogP contribution in [0.2, 0.25) is 0 Å². The monoisotopic (exact) mass is 402 g/mol. The number of benzene rings is 1. The van der Waals surface area contributed by atoms with E-state index in [-0.39, 0.29) is 22.5 Å². The molecule has 4 N–H and O–H groups in total. The van der Waals surface area contributed by atoms with E-state index < -0.39 is 10.0 Å². The van der Waals surface area contributed by atoms with E-state index in [0.29, 0.717) is 18.2 Å². The van der Waals surface area contributed by atoms with E-state index in [1.165, 1.54) is 12.3 Å². The smallest absolute Gasteiger partial charge is 0.263 e. The highest BCUT2D eigenvalue weighted by Gasteiger charge is 2.25. The van der Waals surface area contributed by atoms with Crippen LogP contribution in [0.5, 0.6) is 0 Å². The summed E-state index contributed by atoms with van der Waals surface area (Å²) in [5.74, 6) is 0.579. The first-order chi connectivity index (χ1) is 13.4. The van der Waals surface area contributed by atoms with Crippen LogP contribution in [0.4, 0.5) is 11.5 Å². The van der Waals surface area contributed by atoms with Gasteiger partial charge in [-0.15, -0.1) is 0 Å². The predicted molar refractivity (Wildman–Crippen MR) is 109 cm³/mol. The molecule has 0 atom stereocenters. The van der Waals surface area contributed by atoms with Crippen LogP contribution < -0.4 is 15.8 Å². The first-order valence-electron chi connectivity index (χ1n) is 9.44. The number of anilines is 2. The Morgan fingerprint density at radius 2 is 1.82 bits per heavy atom. The van der Waals surface area contributed by atoms with E-state index in [4.69, 9.17) is 5.73 Å². The highest BCUT2D eigenvalue weighted by Crippen LogP contribution is 2.29. The van der Waals surface area contributed by atoms with E-state index in [0.717, 1.165) is 31.2 Å². The summed E-state index contributed by atoms with van der Waals surface area (Å²) in [5, 5.41) is 2.87. The fraction of sp³-hybridized carbons (Fsp3) is 0.400. The van der Waals surface area contributed by atoms with Crippen molar-refractivity contribution in [3.8, 4) is 0 Å². The number of aryl methyl sites for hydroxylation is 1. The number of nitrogens with zero attached hydrogens (tertiary/aromatic N) is 1. The third-order valence-electron chi connectivity index (χ3n) is 5.15. The van der Waals surface area contributed by atoms with Crippen LogP contribution in [0.3, 0.4) is 0 Å². The molecule has 0 bridgehead atoms. The van der Waals surface area contributed by atoms with Crippen molar-refractivity contribution in [3.05, 3.63) is 48.2 Å². The van der Waals surface area contributed by atoms with Gasteiger partial charge in [-0.25, -0.2) is 13.4 Å². The number of pyridine rings is 1. The molecule has 1 saturated carbocycles. The second-order valence-corrected chi connectivity index (χ2v) is 8.97. The topological polar surface area (TPSA) is 114 Å². The molecule has 8 heteroatoms. The van der Waals surface area contributed by atoms with Gasteiger partial charge in [-0.05, 0) is 63.3 Å². The zero-order valence-corrected chi connectivity index (χ0v) is 16.7. The average Bonchev–Trinajstić information content (AvgIpc) is 2.68. The molecule has 0 spiro atoms.